The first-order valence-corrected chi connectivity index (χ1v) is 10.6. The van der Waals surface area contributed by atoms with Crippen LogP contribution in [0.15, 0.2) is 47.5 Å². The van der Waals surface area contributed by atoms with Crippen molar-refractivity contribution in [2.45, 2.75) is 26.4 Å². The zero-order chi connectivity index (χ0) is 22.6. The lowest BCUT2D eigenvalue weighted by atomic mass is 10.1. The molecular weight excluding hydrogens is 392 g/mol. The van der Waals surface area contributed by atoms with Crippen LogP contribution in [0, 0.1) is 0 Å². The normalized spacial score (nSPS) is 12.4. The molecule has 2 N–H and O–H groups in total. The van der Waals surface area contributed by atoms with Gasteiger partial charge in [-0.05, 0) is 36.3 Å². The Bertz CT molecular complexity index is 798. The molecule has 0 aliphatic heterocycles. The van der Waals surface area contributed by atoms with Crippen LogP contribution >= 0.6 is 0 Å². The van der Waals surface area contributed by atoms with Crippen molar-refractivity contribution in [2.75, 3.05) is 48.0 Å². The van der Waals surface area contributed by atoms with Crippen molar-refractivity contribution in [1.29, 1.82) is 0 Å². The van der Waals surface area contributed by atoms with E-state index in [1.165, 1.54) is 5.56 Å². The molecule has 0 aliphatic rings. The second-order valence-corrected chi connectivity index (χ2v) is 6.99. The maximum Gasteiger partial charge on any atom is 0.203 e. The van der Waals surface area contributed by atoms with Gasteiger partial charge in [0.25, 0.3) is 0 Å². The van der Waals surface area contributed by atoms with Crippen LogP contribution in [0.4, 0.5) is 0 Å². The zero-order valence-corrected chi connectivity index (χ0v) is 19.6. The third kappa shape index (κ3) is 6.52. The van der Waals surface area contributed by atoms with Gasteiger partial charge in [0.05, 0.1) is 27.4 Å². The molecule has 2 rings (SSSR count). The Morgan fingerprint density at radius 2 is 1.55 bits per heavy atom. The number of ether oxygens (including phenoxy) is 3. The summed E-state index contributed by atoms with van der Waals surface area (Å²) in [6.45, 7) is 7.66. The van der Waals surface area contributed by atoms with E-state index in [4.69, 9.17) is 14.2 Å². The van der Waals surface area contributed by atoms with E-state index in [0.717, 1.165) is 31.2 Å². The van der Waals surface area contributed by atoms with Gasteiger partial charge in [0.1, 0.15) is 0 Å². The number of nitrogens with one attached hydrogen (secondary N) is 2. The van der Waals surface area contributed by atoms with Gasteiger partial charge < -0.3 is 24.8 Å². The summed E-state index contributed by atoms with van der Waals surface area (Å²) in [4.78, 5) is 6.83. The van der Waals surface area contributed by atoms with Crippen LogP contribution in [-0.2, 0) is 6.54 Å². The fourth-order valence-electron chi connectivity index (χ4n) is 3.63. The molecule has 2 aromatic rings. The van der Waals surface area contributed by atoms with Gasteiger partial charge in [0.15, 0.2) is 17.5 Å². The van der Waals surface area contributed by atoms with Gasteiger partial charge in [-0.2, -0.15) is 0 Å². The fraction of sp³-hybridized carbons (Fsp3) is 0.458. The standard InChI is InChI=1S/C24H36N4O3/c1-7-28(8-2)20(19-12-10-9-11-13-19)17-27-24(25-3)26-16-18-14-21(29-4)23(31-6)22(15-18)30-5/h9-15,20H,7-8,16-17H2,1-6H3,(H2,25,26,27). The van der Waals surface area contributed by atoms with Crippen molar-refractivity contribution in [3.8, 4) is 17.2 Å². The molecule has 7 nitrogen and oxygen atoms in total. The third-order valence-electron chi connectivity index (χ3n) is 5.31. The number of nitrogens with zero attached hydrogens (tertiary/aromatic N) is 2. The smallest absolute Gasteiger partial charge is 0.203 e. The predicted molar refractivity (Wildman–Crippen MR) is 126 cm³/mol. The first-order valence-electron chi connectivity index (χ1n) is 10.6. The monoisotopic (exact) mass is 428 g/mol. The molecule has 170 valence electrons. The van der Waals surface area contributed by atoms with Gasteiger partial charge in [-0.1, -0.05) is 44.2 Å². The van der Waals surface area contributed by atoms with Crippen molar-refractivity contribution in [3.63, 3.8) is 0 Å². The van der Waals surface area contributed by atoms with Crippen LogP contribution in [0.25, 0.3) is 0 Å². The number of guanidine groups is 1. The summed E-state index contributed by atoms with van der Waals surface area (Å²) in [5.41, 5.74) is 2.29. The van der Waals surface area contributed by atoms with Gasteiger partial charge in [-0.15, -0.1) is 0 Å². The maximum absolute atomic E-state index is 5.45. The topological polar surface area (TPSA) is 67.4 Å². The summed E-state index contributed by atoms with van der Waals surface area (Å²) >= 11 is 0. The highest BCUT2D eigenvalue weighted by atomic mass is 16.5. The predicted octanol–water partition coefficient (Wildman–Crippen LogP) is 3.46. The van der Waals surface area contributed by atoms with Crippen molar-refractivity contribution >= 4 is 5.96 Å². The number of aliphatic imine (C=N–C) groups is 1. The average molecular weight is 429 g/mol. The Hall–Kier alpha value is -2.93. The highest BCUT2D eigenvalue weighted by Crippen LogP contribution is 2.38. The van der Waals surface area contributed by atoms with Gasteiger partial charge in [-0.25, -0.2) is 0 Å². The van der Waals surface area contributed by atoms with Crippen LogP contribution in [0.1, 0.15) is 31.0 Å². The second-order valence-electron chi connectivity index (χ2n) is 6.99. The van der Waals surface area contributed by atoms with Crippen molar-refractivity contribution in [1.82, 2.24) is 15.5 Å². The molecule has 0 fully saturated rings. The molecule has 1 atom stereocenters. The number of rotatable bonds is 11. The second kappa shape index (κ2) is 12.7. The molecule has 0 saturated heterocycles. The molecule has 2 aromatic carbocycles. The molecule has 0 aromatic heterocycles. The fourth-order valence-corrected chi connectivity index (χ4v) is 3.63. The van der Waals surface area contributed by atoms with E-state index in [-0.39, 0.29) is 6.04 Å². The first-order chi connectivity index (χ1) is 15.1. The largest absolute Gasteiger partial charge is 0.493 e. The van der Waals surface area contributed by atoms with Crippen molar-refractivity contribution < 1.29 is 14.2 Å². The SMILES string of the molecule is CCN(CC)C(CNC(=NC)NCc1cc(OC)c(OC)c(OC)c1)c1ccccc1. The van der Waals surface area contributed by atoms with Crippen LogP contribution in [0.5, 0.6) is 17.2 Å². The van der Waals surface area contributed by atoms with Gasteiger partial charge in [0, 0.05) is 20.1 Å². The lowest BCUT2D eigenvalue weighted by Crippen LogP contribution is -2.43. The maximum atomic E-state index is 5.45. The third-order valence-corrected chi connectivity index (χ3v) is 5.31. The summed E-state index contributed by atoms with van der Waals surface area (Å²) < 4.78 is 16.3. The minimum Gasteiger partial charge on any atom is -0.493 e. The molecule has 0 saturated carbocycles. The van der Waals surface area contributed by atoms with Crippen molar-refractivity contribution in [2.24, 2.45) is 4.99 Å². The highest BCUT2D eigenvalue weighted by Gasteiger charge is 2.18. The molecule has 0 aliphatic carbocycles. The van der Waals surface area contributed by atoms with Gasteiger partial charge in [-0.3, -0.25) is 9.89 Å². The van der Waals surface area contributed by atoms with Crippen LogP contribution < -0.4 is 24.8 Å². The molecular formula is C24H36N4O3. The van der Waals surface area contributed by atoms with Gasteiger partial charge >= 0.3 is 0 Å². The summed E-state index contributed by atoms with van der Waals surface area (Å²) in [5, 5.41) is 6.85. The van der Waals surface area contributed by atoms with E-state index in [2.05, 4.69) is 58.6 Å². The summed E-state index contributed by atoms with van der Waals surface area (Å²) in [6.07, 6.45) is 0. The number of methoxy groups -OCH3 is 3. The van der Waals surface area contributed by atoms with E-state index in [9.17, 15) is 0 Å². The van der Waals surface area contributed by atoms with Crippen LogP contribution in [0.3, 0.4) is 0 Å². The Labute approximate surface area is 186 Å². The Balaban J connectivity index is 2.08. The highest BCUT2D eigenvalue weighted by molar-refractivity contribution is 5.79. The number of hydrogen-bond acceptors (Lipinski definition) is 5. The van der Waals surface area contributed by atoms with E-state index in [0.29, 0.717) is 23.8 Å². The lowest BCUT2D eigenvalue weighted by molar-refractivity contribution is 0.219. The molecule has 1 unspecified atom stereocenters. The number of benzene rings is 2. The molecule has 31 heavy (non-hydrogen) atoms. The van der Waals surface area contributed by atoms with Crippen molar-refractivity contribution in [3.05, 3.63) is 53.6 Å². The van der Waals surface area contributed by atoms with E-state index >= 15 is 0 Å². The zero-order valence-electron chi connectivity index (χ0n) is 19.6. The molecule has 7 heteroatoms. The van der Waals surface area contributed by atoms with Gasteiger partial charge in [0.2, 0.25) is 5.75 Å². The summed E-state index contributed by atoms with van der Waals surface area (Å²) in [6, 6.07) is 14.7. The summed E-state index contributed by atoms with van der Waals surface area (Å²) in [7, 11) is 6.61. The van der Waals surface area contributed by atoms with Crippen LogP contribution in [-0.4, -0.2) is 58.9 Å². The Morgan fingerprint density at radius 1 is 0.935 bits per heavy atom. The molecule has 0 bridgehead atoms. The Morgan fingerprint density at radius 3 is 2.03 bits per heavy atom. The number of likely N-dealkylation sites (N-methyl/N-ethyl adjacent to an activating group) is 1. The average Bonchev–Trinajstić information content (AvgIpc) is 2.83. The quantitative estimate of drug-likeness (QED) is 0.422. The summed E-state index contributed by atoms with van der Waals surface area (Å²) in [5.74, 6) is 2.59. The van der Waals surface area contributed by atoms with Crippen LogP contribution in [0.2, 0.25) is 0 Å². The number of hydrogen-bond donors (Lipinski definition) is 2. The minimum atomic E-state index is 0.260. The Kier molecular flexibility index (Phi) is 9.97. The molecule has 0 radical (unpaired) electrons. The minimum absolute atomic E-state index is 0.260. The van der Waals surface area contributed by atoms with E-state index in [1.807, 2.05) is 18.2 Å². The molecule has 0 spiro atoms. The van der Waals surface area contributed by atoms with E-state index < -0.39 is 0 Å². The molecule has 0 amide bonds. The first kappa shape index (κ1) is 24.3. The lowest BCUT2D eigenvalue weighted by Gasteiger charge is -2.30. The van der Waals surface area contributed by atoms with E-state index in [1.54, 1.807) is 28.4 Å². The molecule has 0 heterocycles.